The van der Waals surface area contributed by atoms with Gasteiger partial charge in [-0.3, -0.25) is 13.7 Å². The first-order chi connectivity index (χ1) is 60.8. The second kappa shape index (κ2) is 27.4. The normalized spacial score (nSPS) is 15.2. The number of aryl methyl sites for hydroxylation is 1. The van der Waals surface area contributed by atoms with E-state index in [0.29, 0.717) is 61.8 Å². The van der Waals surface area contributed by atoms with E-state index >= 15 is 0 Å². The van der Waals surface area contributed by atoms with Gasteiger partial charge in [0.15, 0.2) is 16.1 Å². The summed E-state index contributed by atoms with van der Waals surface area (Å²) in [6.45, 7) is 9.81. The van der Waals surface area contributed by atoms with Crippen LogP contribution < -0.4 is 50.8 Å². The first kappa shape index (κ1) is 46.4. The summed E-state index contributed by atoms with van der Waals surface area (Å²) in [5.74, 6) is 1.11. The molecule has 0 aliphatic rings. The second-order valence-electron chi connectivity index (χ2n) is 28.4. The summed E-state index contributed by atoms with van der Waals surface area (Å²) in [7, 11) is -9.36. The van der Waals surface area contributed by atoms with Crippen LogP contribution >= 0.6 is 0 Å². The number of pyridine rings is 1. The van der Waals surface area contributed by atoms with Crippen LogP contribution in [-0.2, 0) is 10.8 Å². The summed E-state index contributed by atoms with van der Waals surface area (Å²) >= 11 is 0. The van der Waals surface area contributed by atoms with Crippen molar-refractivity contribution in [3.05, 3.63) is 393 Å². The minimum Gasteiger partial charge on any atom is -0.458 e. The van der Waals surface area contributed by atoms with Crippen molar-refractivity contribution < 1.29 is 39.5 Å². The maximum atomic E-state index is 11.1. The molecule has 0 saturated heterocycles. The minimum absolute atomic E-state index is 0.0356. The molecule has 512 valence electrons. The standard InChI is InChI=1S/C99H82N4OSi2/c1-70-60-96(100-68-91(70)72-35-31-51-86(64-72)106(82-44-20-11-21-45-82,83-46-22-12-23-47-83)84-48-24-13-25-49-84)103-92-55-27-26-52-89(92)90-59-58-78(67-95(90)103)104-77-37-32-36-76(66-77)101-69-102(94-57-29-28-56-93(94)101)97-87(53-33-54-88(97)73-61-74(98(2,3)4)65-75(62-73)99(5,6)7)71-34-30-50-85(63-71)105(79-38-14-8-15-39-79,80-40-16-9-17-41-80)81-42-18-10-19-43-81/h8-68H,1-7H3/i1D3,8D,9D,10D,14D,15D,16D,17D,18D,19D,30D,34D,38D,39D,40D,41D,42D,43D,50D,63D. The van der Waals surface area contributed by atoms with Crippen LogP contribution in [0.4, 0.5) is 0 Å². The molecule has 0 unspecified atom stereocenters. The Morgan fingerprint density at radius 1 is 0.396 bits per heavy atom. The molecule has 0 amide bonds. The lowest BCUT2D eigenvalue weighted by Gasteiger charge is -2.34. The number of rotatable bonds is 16. The van der Waals surface area contributed by atoms with Gasteiger partial charge in [0.25, 0.3) is 6.33 Å². The SMILES string of the molecule is [2H]c1c([2H])c([2H])c([Si](c2c([2H])c([2H])c([2H])c([2H])c2[2H])(c2c([2H])c([2H])c([2H])c([2H])c2[2H])c2c([2H])c([2H])c([2H])c(-c3cccc(-c4cc(C(C)(C)C)cc(C(C)(C)C)c4)c3-[n+]3[c-]n(-c4cccc(Oc5ccc6c7ccccc7n(-c7cc(C([2H])([2H])[2H])c(-c8cccc([Si](c9ccccc9)(c9ccccc9)c9ccccc9)c8)cn7)c6c5)c4)c4ccccc43)c2[2H])c([2H])c1[2H]. The van der Waals surface area contributed by atoms with Crippen LogP contribution in [0.3, 0.4) is 0 Å². The van der Waals surface area contributed by atoms with Gasteiger partial charge in [-0.2, -0.15) is 0 Å². The number of benzene rings is 14. The molecule has 0 spiro atoms. The molecule has 3 heterocycles. The molecule has 106 heavy (non-hydrogen) atoms. The highest BCUT2D eigenvalue weighted by Gasteiger charge is 2.43. The van der Waals surface area contributed by atoms with Crippen LogP contribution in [0.25, 0.3) is 83.4 Å². The van der Waals surface area contributed by atoms with Crippen molar-refractivity contribution in [3.8, 4) is 62.1 Å². The molecule has 7 heteroatoms. The number of hydrogen-bond donors (Lipinski definition) is 0. The quantitative estimate of drug-likeness (QED) is 0.0418. The van der Waals surface area contributed by atoms with Gasteiger partial charge in [-0.25, -0.2) is 4.98 Å². The number of aromatic nitrogens is 4. The lowest BCUT2D eigenvalue weighted by atomic mass is 9.78. The monoisotopic (exact) mass is 1420 g/mol. The predicted octanol–water partition coefficient (Wildman–Crippen LogP) is 18.7. The van der Waals surface area contributed by atoms with Crippen molar-refractivity contribution >= 4 is 90.5 Å². The van der Waals surface area contributed by atoms with Crippen LogP contribution in [0, 0.1) is 13.2 Å². The zero-order valence-corrected chi connectivity index (χ0v) is 60.9. The summed E-state index contributed by atoms with van der Waals surface area (Å²) in [4.78, 5) is 5.18. The Kier molecular flexibility index (Phi) is 12.0. The average molecular weight is 1420 g/mol. The number of fused-ring (bicyclic) bond motifs is 4. The fourth-order valence-electron chi connectivity index (χ4n) is 14.9. The molecular weight excluding hydrogens is 1320 g/mol. The van der Waals surface area contributed by atoms with Crippen LogP contribution in [0.2, 0.25) is 0 Å². The summed E-state index contributed by atoms with van der Waals surface area (Å²) in [6, 6.07) is 60.7. The maximum absolute atomic E-state index is 11.1. The van der Waals surface area contributed by atoms with E-state index < -0.39 is 175 Å². The van der Waals surface area contributed by atoms with Gasteiger partial charge < -0.3 is 4.74 Å². The summed E-state index contributed by atoms with van der Waals surface area (Å²) in [5, 5.41) is 2.44. The molecule has 3 aromatic heterocycles. The zero-order valence-electron chi connectivity index (χ0n) is 80.9. The Labute approximate surface area is 655 Å². The first-order valence-corrected chi connectivity index (χ1v) is 39.0. The molecule has 0 radical (unpaired) electrons. The van der Waals surface area contributed by atoms with Gasteiger partial charge >= 0.3 is 0 Å². The van der Waals surface area contributed by atoms with Gasteiger partial charge in [-0.1, -0.05) is 357 Å². The van der Waals surface area contributed by atoms with E-state index in [1.807, 2.05) is 126 Å². The van der Waals surface area contributed by atoms with Crippen molar-refractivity contribution in [2.45, 2.75) is 59.2 Å². The van der Waals surface area contributed by atoms with E-state index in [4.69, 9.17) is 13.8 Å². The van der Waals surface area contributed by atoms with Crippen molar-refractivity contribution in [2.75, 3.05) is 0 Å². The minimum atomic E-state index is -6.30. The Bertz CT molecular complexity index is 7050. The Morgan fingerprint density at radius 2 is 0.915 bits per heavy atom. The predicted molar refractivity (Wildman–Crippen MR) is 448 cm³/mol. The number of para-hydroxylation sites is 4. The van der Waals surface area contributed by atoms with Gasteiger partial charge in [0.2, 0.25) is 0 Å². The van der Waals surface area contributed by atoms with E-state index in [-0.39, 0.29) is 16.8 Å². The van der Waals surface area contributed by atoms with Gasteiger partial charge in [0.1, 0.15) is 17.3 Å². The number of nitrogens with zero attached hydrogens (tertiary/aromatic N) is 4. The third-order valence-corrected chi connectivity index (χ3v) is 28.8. The van der Waals surface area contributed by atoms with E-state index in [1.54, 1.807) is 51.7 Å². The van der Waals surface area contributed by atoms with E-state index in [1.165, 1.54) is 0 Å². The number of hydrogen-bond acceptors (Lipinski definition) is 2. The second-order valence-corrected chi connectivity index (χ2v) is 35.7. The van der Waals surface area contributed by atoms with Gasteiger partial charge in [0.05, 0.1) is 59.5 Å². The van der Waals surface area contributed by atoms with E-state index in [2.05, 4.69) is 139 Å². The summed E-state index contributed by atoms with van der Waals surface area (Å²) in [6.07, 6.45) is 5.30. The highest BCUT2D eigenvalue weighted by Crippen LogP contribution is 2.41. The molecule has 0 fully saturated rings. The van der Waals surface area contributed by atoms with E-state index in [9.17, 15) is 26.0 Å². The van der Waals surface area contributed by atoms with E-state index in [0.717, 1.165) is 48.2 Å². The third kappa shape index (κ3) is 11.9. The van der Waals surface area contributed by atoms with Crippen molar-refractivity contribution in [1.82, 2.24) is 14.1 Å². The average Bonchev–Trinajstić information content (AvgIpc) is 0.709. The molecule has 0 aliphatic heterocycles. The van der Waals surface area contributed by atoms with Gasteiger partial charge in [-0.05, 0) is 146 Å². The molecule has 17 aromatic rings. The molecule has 14 aromatic carbocycles. The maximum Gasteiger partial charge on any atom is 0.269 e. The highest BCUT2D eigenvalue weighted by atomic mass is 28.3. The smallest absolute Gasteiger partial charge is 0.269 e. The van der Waals surface area contributed by atoms with Crippen molar-refractivity contribution in [2.24, 2.45) is 0 Å². The lowest BCUT2D eigenvalue weighted by molar-refractivity contribution is -0.571. The summed E-state index contributed by atoms with van der Waals surface area (Å²) in [5.41, 5.74) is 5.74. The molecule has 0 bridgehead atoms. The van der Waals surface area contributed by atoms with Crippen molar-refractivity contribution in [1.29, 1.82) is 0 Å². The topological polar surface area (TPSA) is 35.9 Å². The van der Waals surface area contributed by atoms with Gasteiger partial charge in [0, 0.05) is 32.7 Å². The Hall–Kier alpha value is -12.3. The molecule has 0 N–H and O–H groups in total. The fourth-order valence-corrected chi connectivity index (χ4v) is 23.2. The molecule has 5 nitrogen and oxygen atoms in total. The van der Waals surface area contributed by atoms with Crippen LogP contribution in [-0.4, -0.2) is 30.3 Å². The number of ether oxygens (including phenoxy) is 1. The molecule has 0 atom stereocenters. The summed E-state index contributed by atoms with van der Waals surface area (Å²) < 4.78 is 224. The largest absolute Gasteiger partial charge is 0.458 e. The van der Waals surface area contributed by atoms with Crippen molar-refractivity contribution in [3.63, 3.8) is 0 Å². The van der Waals surface area contributed by atoms with Crippen LogP contribution in [0.1, 0.15) is 88.4 Å². The molecule has 0 saturated carbocycles. The van der Waals surface area contributed by atoms with Crippen LogP contribution in [0.15, 0.2) is 370 Å². The molecule has 17 rings (SSSR count). The Balaban J connectivity index is 0.859. The zero-order chi connectivity index (χ0) is 91.2. The fraction of sp³-hybridized carbons (Fsp3) is 0.0909. The Morgan fingerprint density at radius 3 is 1.53 bits per heavy atom. The third-order valence-electron chi connectivity index (χ3n) is 20.0. The highest BCUT2D eigenvalue weighted by molar-refractivity contribution is 7.20. The lowest BCUT2D eigenvalue weighted by Crippen LogP contribution is -2.74. The number of imidazole rings is 1. The van der Waals surface area contributed by atoms with Crippen LogP contribution in [0.5, 0.6) is 11.5 Å². The van der Waals surface area contributed by atoms with Gasteiger partial charge in [-0.15, -0.1) is 0 Å². The molecular formula is C99H82N4OSi2. The molecule has 0 aliphatic carbocycles. The first-order valence-electron chi connectivity index (χ1n) is 46.0.